The van der Waals surface area contributed by atoms with Crippen molar-refractivity contribution in [1.82, 2.24) is 42.5 Å². The summed E-state index contributed by atoms with van der Waals surface area (Å²) in [4.78, 5) is 58.7. The number of rotatable bonds is 16. The van der Waals surface area contributed by atoms with Crippen LogP contribution in [0.4, 0.5) is 19.2 Å². The summed E-state index contributed by atoms with van der Waals surface area (Å²) < 4.78 is 0. The Balaban J connectivity index is 2.53. The van der Waals surface area contributed by atoms with Crippen LogP contribution in [0.1, 0.15) is 32.8 Å². The van der Waals surface area contributed by atoms with Gasteiger partial charge in [0.1, 0.15) is 0 Å². The van der Waals surface area contributed by atoms with Gasteiger partial charge in [-0.25, -0.2) is 19.2 Å². The Labute approximate surface area is 229 Å². The first-order valence-corrected chi connectivity index (χ1v) is 13.0. The Bertz CT molecular complexity index is 914. The first-order valence-electron chi connectivity index (χ1n) is 13.0. The summed E-state index contributed by atoms with van der Waals surface area (Å²) in [5, 5.41) is 21.4. The number of urea groups is 4. The Hall–Kier alpha value is -4.23. The number of carbonyl (C=O) groups excluding carboxylic acids is 5. The Morgan fingerprint density at radius 3 is 1.77 bits per heavy atom. The zero-order valence-corrected chi connectivity index (χ0v) is 22.9. The lowest BCUT2D eigenvalue weighted by atomic mass is 10.0. The molecule has 0 aliphatic carbocycles. The van der Waals surface area contributed by atoms with Crippen molar-refractivity contribution in [2.45, 2.75) is 45.7 Å². The highest BCUT2D eigenvalue weighted by atomic mass is 16.2. The molecule has 0 aromatic heterocycles. The van der Waals surface area contributed by atoms with E-state index in [0.717, 1.165) is 5.56 Å². The molecular weight excluding hydrogens is 506 g/mol. The molecule has 0 saturated heterocycles. The molecular formula is C25H43N9O5. The minimum atomic E-state index is -0.665. The van der Waals surface area contributed by atoms with Crippen LogP contribution >= 0.6 is 0 Å². The molecule has 9 amide bonds. The standard InChI is InChI=1S/C25H43N9O5/c1-17(2)13-20(15-31-22(26)36)33-25(39)32-16-21(14-19-7-5-4-6-8-19)34-24(38)30-12-11-29-23(37)28-10-9-27-18(3)35/h4-8,17,20-21H,9-16H2,1-3H3,(H,27,35)(H3,26,31,36)(H2,28,29,37)(H2,30,34,38)(H2,32,33,39)/t20-,21-/m0/s1. The van der Waals surface area contributed by atoms with Crippen molar-refractivity contribution in [3.05, 3.63) is 35.9 Å². The molecule has 0 radical (unpaired) electrons. The van der Waals surface area contributed by atoms with Crippen molar-refractivity contribution in [2.75, 3.05) is 39.3 Å². The quantitative estimate of drug-likeness (QED) is 0.127. The van der Waals surface area contributed by atoms with Crippen LogP contribution in [0.15, 0.2) is 30.3 Å². The van der Waals surface area contributed by atoms with Crippen molar-refractivity contribution >= 4 is 30.0 Å². The number of carbonyl (C=O) groups is 5. The second-order valence-corrected chi connectivity index (χ2v) is 9.38. The molecule has 0 heterocycles. The van der Waals surface area contributed by atoms with Crippen molar-refractivity contribution in [1.29, 1.82) is 0 Å². The molecule has 0 bridgehead atoms. The van der Waals surface area contributed by atoms with Crippen LogP contribution in [0.3, 0.4) is 0 Å². The van der Waals surface area contributed by atoms with Crippen LogP contribution in [-0.2, 0) is 11.2 Å². The number of primary amides is 1. The molecule has 39 heavy (non-hydrogen) atoms. The number of nitrogens with one attached hydrogen (secondary N) is 8. The SMILES string of the molecule is CC(=O)NCCNC(=O)NCCNC(=O)N[C@H](CNC(=O)N[C@H](CNC(N)=O)CC(C)C)Cc1ccccc1. The summed E-state index contributed by atoms with van der Waals surface area (Å²) in [7, 11) is 0. The summed E-state index contributed by atoms with van der Waals surface area (Å²) in [5.41, 5.74) is 6.13. The molecule has 1 aromatic carbocycles. The average Bonchev–Trinajstić information content (AvgIpc) is 2.86. The van der Waals surface area contributed by atoms with E-state index in [9.17, 15) is 24.0 Å². The predicted molar refractivity (Wildman–Crippen MR) is 148 cm³/mol. The van der Waals surface area contributed by atoms with E-state index >= 15 is 0 Å². The highest BCUT2D eigenvalue weighted by molar-refractivity contribution is 5.76. The van der Waals surface area contributed by atoms with Gasteiger partial charge >= 0.3 is 24.1 Å². The second-order valence-electron chi connectivity index (χ2n) is 9.38. The number of hydrogen-bond donors (Lipinski definition) is 9. The van der Waals surface area contributed by atoms with E-state index in [1.54, 1.807) is 0 Å². The fraction of sp³-hybridized carbons (Fsp3) is 0.560. The van der Waals surface area contributed by atoms with Gasteiger partial charge in [0.25, 0.3) is 0 Å². The van der Waals surface area contributed by atoms with Gasteiger partial charge in [0.15, 0.2) is 0 Å². The maximum absolute atomic E-state index is 12.6. The van der Waals surface area contributed by atoms with Gasteiger partial charge in [-0.1, -0.05) is 44.2 Å². The Kier molecular flexibility index (Phi) is 15.9. The third-order valence-corrected chi connectivity index (χ3v) is 5.26. The van der Waals surface area contributed by atoms with E-state index in [0.29, 0.717) is 19.4 Å². The van der Waals surface area contributed by atoms with E-state index in [1.165, 1.54) is 6.92 Å². The van der Waals surface area contributed by atoms with Gasteiger partial charge in [-0.05, 0) is 24.3 Å². The van der Waals surface area contributed by atoms with Gasteiger partial charge in [-0.3, -0.25) is 4.79 Å². The maximum Gasteiger partial charge on any atom is 0.315 e. The van der Waals surface area contributed by atoms with Crippen molar-refractivity contribution in [2.24, 2.45) is 11.7 Å². The Morgan fingerprint density at radius 2 is 1.21 bits per heavy atom. The maximum atomic E-state index is 12.6. The largest absolute Gasteiger partial charge is 0.355 e. The zero-order chi connectivity index (χ0) is 29.0. The highest BCUT2D eigenvalue weighted by Crippen LogP contribution is 2.05. The van der Waals surface area contributed by atoms with Crippen LogP contribution in [0.25, 0.3) is 0 Å². The van der Waals surface area contributed by atoms with Crippen molar-refractivity contribution in [3.63, 3.8) is 0 Å². The van der Waals surface area contributed by atoms with E-state index < -0.39 is 30.2 Å². The van der Waals surface area contributed by atoms with E-state index in [-0.39, 0.29) is 50.6 Å². The molecule has 0 saturated carbocycles. The molecule has 1 aromatic rings. The lowest BCUT2D eigenvalue weighted by Gasteiger charge is -2.23. The van der Waals surface area contributed by atoms with Crippen molar-refractivity contribution in [3.8, 4) is 0 Å². The lowest BCUT2D eigenvalue weighted by molar-refractivity contribution is -0.118. The molecule has 1 rings (SSSR count). The van der Waals surface area contributed by atoms with Crippen LogP contribution in [0.2, 0.25) is 0 Å². The third kappa shape index (κ3) is 17.8. The first kappa shape index (κ1) is 32.8. The minimum absolute atomic E-state index is 0.154. The van der Waals surface area contributed by atoms with Crippen LogP contribution < -0.4 is 48.3 Å². The summed E-state index contributed by atoms with van der Waals surface area (Å²) in [6.45, 7) is 6.73. The lowest BCUT2D eigenvalue weighted by Crippen LogP contribution is -2.53. The van der Waals surface area contributed by atoms with Gasteiger partial charge in [-0.2, -0.15) is 0 Å². The third-order valence-electron chi connectivity index (χ3n) is 5.26. The highest BCUT2D eigenvalue weighted by Gasteiger charge is 2.18. The van der Waals surface area contributed by atoms with E-state index in [2.05, 4.69) is 42.5 Å². The summed E-state index contributed by atoms with van der Waals surface area (Å²) >= 11 is 0. The Morgan fingerprint density at radius 1 is 0.692 bits per heavy atom. The topological polar surface area (TPSA) is 208 Å². The smallest absolute Gasteiger partial charge is 0.315 e. The van der Waals surface area contributed by atoms with Gasteiger partial charge < -0.3 is 48.3 Å². The molecule has 10 N–H and O–H groups in total. The number of nitrogens with two attached hydrogens (primary N) is 1. The number of amides is 9. The molecule has 0 aliphatic heterocycles. The molecule has 2 atom stereocenters. The van der Waals surface area contributed by atoms with Gasteiger partial charge in [0.2, 0.25) is 5.91 Å². The first-order chi connectivity index (χ1) is 18.5. The van der Waals surface area contributed by atoms with Gasteiger partial charge in [0, 0.05) is 52.2 Å². The van der Waals surface area contributed by atoms with Crippen LogP contribution in [0.5, 0.6) is 0 Å². The summed E-state index contributed by atoms with van der Waals surface area (Å²) in [6, 6.07) is 6.83. The van der Waals surface area contributed by atoms with Crippen molar-refractivity contribution < 1.29 is 24.0 Å². The molecule has 218 valence electrons. The molecule has 0 unspecified atom stereocenters. The summed E-state index contributed by atoms with van der Waals surface area (Å²) in [6.07, 6.45) is 1.12. The normalized spacial score (nSPS) is 11.9. The monoisotopic (exact) mass is 549 g/mol. The predicted octanol–water partition coefficient (Wildman–Crippen LogP) is -0.286. The zero-order valence-electron chi connectivity index (χ0n) is 22.9. The fourth-order valence-corrected chi connectivity index (χ4v) is 3.58. The minimum Gasteiger partial charge on any atom is -0.355 e. The molecule has 14 heteroatoms. The fourth-order valence-electron chi connectivity index (χ4n) is 3.58. The average molecular weight is 550 g/mol. The van der Waals surface area contributed by atoms with Crippen LogP contribution in [0, 0.1) is 5.92 Å². The molecule has 0 spiro atoms. The molecule has 14 nitrogen and oxygen atoms in total. The van der Waals surface area contributed by atoms with Gasteiger partial charge in [0.05, 0.1) is 6.04 Å². The molecule has 0 fully saturated rings. The molecule has 0 aliphatic rings. The second kappa shape index (κ2) is 18.9. The van der Waals surface area contributed by atoms with E-state index in [1.807, 2.05) is 44.2 Å². The van der Waals surface area contributed by atoms with Crippen LogP contribution in [-0.4, -0.2) is 81.4 Å². The van der Waals surface area contributed by atoms with E-state index in [4.69, 9.17) is 5.73 Å². The van der Waals surface area contributed by atoms with Gasteiger partial charge in [-0.15, -0.1) is 0 Å². The number of benzene rings is 1. The summed E-state index contributed by atoms with van der Waals surface area (Å²) in [5.74, 6) is 0.104. The number of hydrogen-bond acceptors (Lipinski definition) is 5.